The first kappa shape index (κ1) is 14.8. The summed E-state index contributed by atoms with van der Waals surface area (Å²) in [7, 11) is 0. The van der Waals surface area contributed by atoms with Crippen LogP contribution in [0.3, 0.4) is 0 Å². The zero-order chi connectivity index (χ0) is 14.5. The minimum Gasteiger partial charge on any atom is -0.483 e. The highest BCUT2D eigenvalue weighted by Gasteiger charge is 2.12. The van der Waals surface area contributed by atoms with Crippen molar-refractivity contribution in [3.63, 3.8) is 0 Å². The van der Waals surface area contributed by atoms with Crippen molar-refractivity contribution >= 4 is 11.6 Å². The second-order valence-corrected chi connectivity index (χ2v) is 4.78. The van der Waals surface area contributed by atoms with Gasteiger partial charge >= 0.3 is 0 Å². The van der Waals surface area contributed by atoms with Crippen LogP contribution in [-0.2, 0) is 13.0 Å². The number of hydrogen-bond acceptors (Lipinski definition) is 2. The monoisotopic (exact) mass is 297 g/mol. The Morgan fingerprint density at radius 1 is 1.00 bits per heavy atom. The van der Waals surface area contributed by atoms with Crippen LogP contribution in [0, 0.1) is 11.6 Å². The quantitative estimate of drug-likeness (QED) is 0.913. The average Bonchev–Trinajstić information content (AvgIpc) is 2.40. The van der Waals surface area contributed by atoms with E-state index in [0.29, 0.717) is 23.6 Å². The van der Waals surface area contributed by atoms with Crippen LogP contribution in [0.25, 0.3) is 0 Å². The lowest BCUT2D eigenvalue weighted by molar-refractivity contribution is 0.274. The Hall–Kier alpha value is -1.65. The fraction of sp³-hybridized carbons (Fsp3) is 0.200. The predicted octanol–water partition coefficient (Wildman–Crippen LogP) is 3.70. The van der Waals surface area contributed by atoms with Crippen LogP contribution >= 0.6 is 11.6 Å². The van der Waals surface area contributed by atoms with Crippen molar-refractivity contribution in [2.45, 2.75) is 13.0 Å². The van der Waals surface area contributed by atoms with Gasteiger partial charge in [-0.3, -0.25) is 0 Å². The summed E-state index contributed by atoms with van der Waals surface area (Å²) in [6.07, 6.45) is 0.422. The second-order valence-electron chi connectivity index (χ2n) is 4.34. The van der Waals surface area contributed by atoms with Gasteiger partial charge in [-0.1, -0.05) is 23.7 Å². The molecular weight excluding hydrogens is 284 g/mol. The van der Waals surface area contributed by atoms with Gasteiger partial charge in [0.1, 0.15) is 6.61 Å². The highest BCUT2D eigenvalue weighted by atomic mass is 35.5. The summed E-state index contributed by atoms with van der Waals surface area (Å²) in [6.45, 7) is 0.408. The summed E-state index contributed by atoms with van der Waals surface area (Å²) in [6, 6.07) is 9.34. The largest absolute Gasteiger partial charge is 0.483 e. The zero-order valence-corrected chi connectivity index (χ0v) is 11.5. The Morgan fingerprint density at radius 2 is 1.60 bits per heavy atom. The summed E-state index contributed by atoms with van der Waals surface area (Å²) >= 11 is 5.76. The van der Waals surface area contributed by atoms with Crippen molar-refractivity contribution in [3.05, 3.63) is 64.2 Å². The third-order valence-electron chi connectivity index (χ3n) is 2.79. The standard InChI is InChI=1S/C15H14ClF2NO/c16-12-3-1-10(2-4-12)9-20-15-13(17)7-11(5-6-19)8-14(15)18/h1-4,7-8H,5-6,9,19H2. The van der Waals surface area contributed by atoms with Gasteiger partial charge in [0.05, 0.1) is 0 Å². The molecule has 0 heterocycles. The van der Waals surface area contributed by atoms with Crippen LogP contribution in [0.1, 0.15) is 11.1 Å². The molecule has 0 atom stereocenters. The predicted molar refractivity (Wildman–Crippen MR) is 74.9 cm³/mol. The van der Waals surface area contributed by atoms with Crippen LogP contribution in [0.4, 0.5) is 8.78 Å². The van der Waals surface area contributed by atoms with Gasteiger partial charge in [0.2, 0.25) is 0 Å². The zero-order valence-electron chi connectivity index (χ0n) is 10.7. The van der Waals surface area contributed by atoms with Crippen LogP contribution in [0.5, 0.6) is 5.75 Å². The van der Waals surface area contributed by atoms with E-state index >= 15 is 0 Å². The molecule has 2 rings (SSSR count). The summed E-state index contributed by atoms with van der Waals surface area (Å²) in [5.41, 5.74) is 6.65. The molecule has 0 spiro atoms. The molecule has 0 saturated carbocycles. The maximum atomic E-state index is 13.8. The van der Waals surface area contributed by atoms with Crippen LogP contribution in [0.2, 0.25) is 5.02 Å². The molecule has 0 fully saturated rings. The first-order chi connectivity index (χ1) is 9.60. The fourth-order valence-corrected chi connectivity index (χ4v) is 1.92. The van der Waals surface area contributed by atoms with E-state index in [2.05, 4.69) is 0 Å². The van der Waals surface area contributed by atoms with E-state index in [-0.39, 0.29) is 12.4 Å². The number of benzene rings is 2. The summed E-state index contributed by atoms with van der Waals surface area (Å²) in [5, 5.41) is 0.595. The number of nitrogens with two attached hydrogens (primary N) is 1. The molecule has 2 N–H and O–H groups in total. The third kappa shape index (κ3) is 3.68. The Labute approximate surface area is 121 Å². The van der Waals surface area contributed by atoms with Gasteiger partial charge in [0.25, 0.3) is 0 Å². The van der Waals surface area contributed by atoms with Gasteiger partial charge in [0, 0.05) is 5.02 Å². The molecule has 0 unspecified atom stereocenters. The molecule has 5 heteroatoms. The molecule has 0 aliphatic rings. The molecule has 0 aromatic heterocycles. The molecule has 2 aromatic carbocycles. The van der Waals surface area contributed by atoms with Crippen LogP contribution in [-0.4, -0.2) is 6.54 Å². The lowest BCUT2D eigenvalue weighted by atomic mass is 10.1. The van der Waals surface area contributed by atoms with Crippen molar-refractivity contribution in [2.75, 3.05) is 6.54 Å². The summed E-state index contributed by atoms with van der Waals surface area (Å²) in [5.74, 6) is -1.81. The van der Waals surface area contributed by atoms with Crippen molar-refractivity contribution in [2.24, 2.45) is 5.73 Å². The van der Waals surface area contributed by atoms with Crippen molar-refractivity contribution in [3.8, 4) is 5.75 Å². The Kier molecular flexibility index (Phi) is 4.93. The molecular formula is C15H14ClF2NO. The summed E-state index contributed by atoms with van der Waals surface area (Å²) in [4.78, 5) is 0. The first-order valence-electron chi connectivity index (χ1n) is 6.15. The van der Waals surface area contributed by atoms with Gasteiger partial charge in [-0.15, -0.1) is 0 Å². The smallest absolute Gasteiger partial charge is 0.191 e. The number of rotatable bonds is 5. The molecule has 2 nitrogen and oxygen atoms in total. The van der Waals surface area contributed by atoms with Gasteiger partial charge in [-0.2, -0.15) is 0 Å². The number of ether oxygens (including phenoxy) is 1. The topological polar surface area (TPSA) is 35.2 Å². The van der Waals surface area contributed by atoms with Crippen LogP contribution < -0.4 is 10.5 Å². The lowest BCUT2D eigenvalue weighted by Gasteiger charge is -2.10. The molecule has 0 amide bonds. The van der Waals surface area contributed by atoms with Crippen LogP contribution in [0.15, 0.2) is 36.4 Å². The molecule has 2 aromatic rings. The molecule has 0 bridgehead atoms. The van der Waals surface area contributed by atoms with Crippen molar-refractivity contribution < 1.29 is 13.5 Å². The van der Waals surface area contributed by atoms with E-state index in [0.717, 1.165) is 5.56 Å². The van der Waals surface area contributed by atoms with Gasteiger partial charge in [-0.05, 0) is 48.4 Å². The molecule has 0 radical (unpaired) electrons. The van der Waals surface area contributed by atoms with Crippen molar-refractivity contribution in [1.29, 1.82) is 0 Å². The maximum Gasteiger partial charge on any atom is 0.191 e. The molecule has 106 valence electrons. The Balaban J connectivity index is 2.11. The van der Waals surface area contributed by atoms with E-state index in [9.17, 15) is 8.78 Å². The van der Waals surface area contributed by atoms with E-state index < -0.39 is 11.6 Å². The lowest BCUT2D eigenvalue weighted by Crippen LogP contribution is -2.05. The van der Waals surface area contributed by atoms with E-state index in [1.807, 2.05) is 0 Å². The normalized spacial score (nSPS) is 10.6. The summed E-state index contributed by atoms with van der Waals surface area (Å²) < 4.78 is 32.8. The van der Waals surface area contributed by atoms with E-state index in [1.165, 1.54) is 12.1 Å². The van der Waals surface area contributed by atoms with Gasteiger partial charge in [-0.25, -0.2) is 8.78 Å². The highest BCUT2D eigenvalue weighted by Crippen LogP contribution is 2.24. The molecule has 0 aliphatic heterocycles. The van der Waals surface area contributed by atoms with Gasteiger partial charge in [0.15, 0.2) is 17.4 Å². The minimum absolute atomic E-state index is 0.0707. The number of halogens is 3. The maximum absolute atomic E-state index is 13.8. The average molecular weight is 298 g/mol. The van der Waals surface area contributed by atoms with E-state index in [4.69, 9.17) is 22.1 Å². The fourth-order valence-electron chi connectivity index (χ4n) is 1.80. The minimum atomic E-state index is -0.720. The molecule has 20 heavy (non-hydrogen) atoms. The molecule has 0 aliphatic carbocycles. The number of hydrogen-bond donors (Lipinski definition) is 1. The SMILES string of the molecule is NCCc1cc(F)c(OCc2ccc(Cl)cc2)c(F)c1. The van der Waals surface area contributed by atoms with Gasteiger partial charge < -0.3 is 10.5 Å². The Morgan fingerprint density at radius 3 is 2.15 bits per heavy atom. The molecule has 0 saturated heterocycles. The van der Waals surface area contributed by atoms with Crippen molar-refractivity contribution in [1.82, 2.24) is 0 Å². The third-order valence-corrected chi connectivity index (χ3v) is 3.04. The first-order valence-corrected chi connectivity index (χ1v) is 6.53. The highest BCUT2D eigenvalue weighted by molar-refractivity contribution is 6.30. The van der Waals surface area contributed by atoms with E-state index in [1.54, 1.807) is 24.3 Å². The Bertz CT molecular complexity index is 564. The second kappa shape index (κ2) is 6.68.